The van der Waals surface area contributed by atoms with Crippen LogP contribution in [0.25, 0.3) is 44.0 Å². The summed E-state index contributed by atoms with van der Waals surface area (Å²) < 4.78 is 3.27. The van der Waals surface area contributed by atoms with Gasteiger partial charge in [0, 0.05) is 85.3 Å². The monoisotopic (exact) mass is 974 g/mol. The molecule has 10 heteroatoms. The number of anilines is 3. The van der Waals surface area contributed by atoms with E-state index in [9.17, 15) is 0 Å². The largest absolute Gasteiger partial charge is 0.367 e. The SMILES string of the molecule is C=Cc1nc(N2CCc3cccc(C(=C)Nc4nc5ccccc5s4)c3C2)ccc1-c1cccc(CC2CCC(CCCN3CCN(c4cccc5c(C6CCC(=C)NC6=C)nn(C)c45)CC3C)CC2)c1C. The maximum Gasteiger partial charge on any atom is 0.188 e. The molecule has 3 fully saturated rings. The van der Waals surface area contributed by atoms with E-state index in [1.165, 1.54) is 94.2 Å². The lowest BCUT2D eigenvalue weighted by atomic mass is 9.77. The summed E-state index contributed by atoms with van der Waals surface area (Å²) in [5.74, 6) is 2.77. The second kappa shape index (κ2) is 20.6. The Kier molecular flexibility index (Phi) is 13.7. The normalized spacial score (nSPS) is 20.7. The highest BCUT2D eigenvalue weighted by Crippen LogP contribution is 2.41. The molecule has 1 aliphatic carbocycles. The van der Waals surface area contributed by atoms with Crippen LogP contribution in [-0.4, -0.2) is 63.4 Å². The Labute approximate surface area is 431 Å². The van der Waals surface area contributed by atoms with Crippen molar-refractivity contribution in [2.45, 2.75) is 96.6 Å². The third kappa shape index (κ3) is 9.63. The molecule has 0 amide bonds. The topological polar surface area (TPSA) is 77.4 Å². The quantitative estimate of drug-likeness (QED) is 0.112. The van der Waals surface area contributed by atoms with E-state index in [-0.39, 0.29) is 5.92 Å². The zero-order chi connectivity index (χ0) is 49.5. The molecule has 3 aliphatic heterocycles. The molecule has 0 bridgehead atoms. The summed E-state index contributed by atoms with van der Waals surface area (Å²) in [6.45, 7) is 28.0. The van der Waals surface area contributed by atoms with Crippen LogP contribution in [-0.2, 0) is 26.4 Å². The minimum absolute atomic E-state index is 0.205. The second-order valence-corrected chi connectivity index (χ2v) is 22.2. The number of nitrogens with zero attached hydrogens (tertiary/aromatic N) is 7. The molecule has 4 aromatic carbocycles. The van der Waals surface area contributed by atoms with E-state index in [0.717, 1.165) is 126 Å². The first-order valence-corrected chi connectivity index (χ1v) is 27.4. The Morgan fingerprint density at radius 1 is 0.847 bits per heavy atom. The molecule has 2 unspecified atom stereocenters. The van der Waals surface area contributed by atoms with Crippen molar-refractivity contribution in [2.75, 3.05) is 47.8 Å². The standard InChI is InChI=1S/C62H71N9S/c1-8-55-52(30-31-59(65-55)71-34-32-47-16-11-19-50(54(47)39-71)43(5)64-62-66-56-21-9-10-23-58(56)72-62)49-18-12-17-48(42(49)4)37-46-27-25-45(26-28-46)15-14-33-69-35-36-70(38-41(69)3)57-22-13-20-53-60(67-68(7)61(53)57)51-29-24-40(2)63-44(51)6/h8-13,16-23,30-31,41,45-46,51,63H,1-2,5-6,14-15,24-29,32-39H2,3-4,7H3,(H,64,66). The van der Waals surface area contributed by atoms with Crippen LogP contribution in [0.1, 0.15) is 103 Å². The van der Waals surface area contributed by atoms with Gasteiger partial charge in [-0.3, -0.25) is 9.58 Å². The van der Waals surface area contributed by atoms with Crippen LogP contribution in [0.3, 0.4) is 0 Å². The fourth-order valence-electron chi connectivity index (χ4n) is 12.6. The van der Waals surface area contributed by atoms with E-state index >= 15 is 0 Å². The van der Waals surface area contributed by atoms with Crippen LogP contribution < -0.4 is 20.4 Å². The fourth-order valence-corrected chi connectivity index (χ4v) is 13.5. The number of pyridine rings is 1. The summed E-state index contributed by atoms with van der Waals surface area (Å²) in [6.07, 6.45) is 14.0. The molecule has 370 valence electrons. The van der Waals surface area contributed by atoms with Crippen LogP contribution in [0.2, 0.25) is 0 Å². The zero-order valence-corrected chi connectivity index (χ0v) is 43.5. The van der Waals surface area contributed by atoms with Crippen LogP contribution >= 0.6 is 11.3 Å². The van der Waals surface area contributed by atoms with Crippen LogP contribution in [0.5, 0.6) is 0 Å². The second-order valence-electron chi connectivity index (χ2n) is 21.2. The molecule has 2 saturated heterocycles. The molecule has 11 rings (SSSR count). The van der Waals surface area contributed by atoms with Gasteiger partial charge in [-0.25, -0.2) is 9.97 Å². The highest BCUT2D eigenvalue weighted by atomic mass is 32.1. The number of benzene rings is 4. The van der Waals surface area contributed by atoms with Gasteiger partial charge in [-0.05, 0) is 148 Å². The van der Waals surface area contributed by atoms with Crippen molar-refractivity contribution in [1.82, 2.24) is 30.0 Å². The average molecular weight is 974 g/mol. The maximum atomic E-state index is 5.28. The number of fused-ring (bicyclic) bond motifs is 3. The van der Waals surface area contributed by atoms with Gasteiger partial charge in [-0.15, -0.1) is 0 Å². The van der Waals surface area contributed by atoms with Gasteiger partial charge in [0.2, 0.25) is 0 Å². The first-order chi connectivity index (χ1) is 35.1. The van der Waals surface area contributed by atoms with Crippen molar-refractivity contribution in [3.8, 4) is 11.1 Å². The lowest BCUT2D eigenvalue weighted by molar-refractivity contribution is 0.176. The van der Waals surface area contributed by atoms with E-state index in [0.29, 0.717) is 6.04 Å². The van der Waals surface area contributed by atoms with E-state index < -0.39 is 0 Å². The molecule has 9 nitrogen and oxygen atoms in total. The maximum absolute atomic E-state index is 5.28. The molecule has 6 heterocycles. The van der Waals surface area contributed by atoms with Gasteiger partial charge in [0.1, 0.15) is 5.82 Å². The minimum Gasteiger partial charge on any atom is -0.367 e. The number of aryl methyl sites for hydroxylation is 1. The third-order valence-electron chi connectivity index (χ3n) is 16.6. The average Bonchev–Trinajstić information content (AvgIpc) is 3.97. The van der Waals surface area contributed by atoms with Gasteiger partial charge in [0.05, 0.1) is 32.8 Å². The van der Waals surface area contributed by atoms with E-state index in [1.807, 2.05) is 12.1 Å². The van der Waals surface area contributed by atoms with Crippen LogP contribution in [0, 0.1) is 18.8 Å². The molecule has 1 saturated carbocycles. The predicted octanol–water partition coefficient (Wildman–Crippen LogP) is 13.7. The number of aromatic nitrogens is 4. The molecule has 4 aliphatic rings. The highest BCUT2D eigenvalue weighted by Gasteiger charge is 2.31. The number of allylic oxidation sites excluding steroid dienone is 2. The van der Waals surface area contributed by atoms with E-state index in [4.69, 9.17) is 15.1 Å². The third-order valence-corrected chi connectivity index (χ3v) is 17.6. The number of thiazole rings is 1. The van der Waals surface area contributed by atoms with Gasteiger partial charge < -0.3 is 20.4 Å². The summed E-state index contributed by atoms with van der Waals surface area (Å²) >= 11 is 1.66. The molecule has 3 aromatic heterocycles. The molecular weight excluding hydrogens is 903 g/mol. The van der Waals surface area contributed by atoms with Crippen molar-refractivity contribution in [3.05, 3.63) is 168 Å². The Hall–Kier alpha value is -6.49. The van der Waals surface area contributed by atoms with E-state index in [2.05, 4.69) is 162 Å². The van der Waals surface area contributed by atoms with Crippen molar-refractivity contribution in [1.29, 1.82) is 0 Å². The van der Waals surface area contributed by atoms with Gasteiger partial charge in [-0.2, -0.15) is 5.10 Å². The van der Waals surface area contributed by atoms with Crippen molar-refractivity contribution >= 4 is 60.9 Å². The molecule has 2 N–H and O–H groups in total. The molecule has 72 heavy (non-hydrogen) atoms. The van der Waals surface area contributed by atoms with E-state index in [1.54, 1.807) is 11.3 Å². The number of nitrogens with one attached hydrogen (secondary N) is 2. The Balaban J connectivity index is 0.670. The Morgan fingerprint density at radius 3 is 2.49 bits per heavy atom. The van der Waals surface area contributed by atoms with Gasteiger partial charge in [0.15, 0.2) is 5.13 Å². The summed E-state index contributed by atoms with van der Waals surface area (Å²) in [5, 5.41) is 14.1. The molecule has 0 radical (unpaired) electrons. The Bertz CT molecular complexity index is 3150. The molecular formula is C62H71N9S. The highest BCUT2D eigenvalue weighted by molar-refractivity contribution is 7.22. The first kappa shape index (κ1) is 47.8. The summed E-state index contributed by atoms with van der Waals surface area (Å²) in [7, 11) is 2.10. The van der Waals surface area contributed by atoms with Gasteiger partial charge >= 0.3 is 0 Å². The number of para-hydroxylation sites is 2. The predicted molar refractivity (Wildman–Crippen MR) is 304 cm³/mol. The zero-order valence-electron chi connectivity index (χ0n) is 42.7. The van der Waals surface area contributed by atoms with Crippen molar-refractivity contribution in [3.63, 3.8) is 0 Å². The first-order valence-electron chi connectivity index (χ1n) is 26.6. The number of piperazine rings is 1. The number of hydrogen-bond donors (Lipinski definition) is 2. The number of hydrogen-bond acceptors (Lipinski definition) is 9. The van der Waals surface area contributed by atoms with Gasteiger partial charge in [-0.1, -0.05) is 111 Å². The van der Waals surface area contributed by atoms with Gasteiger partial charge in [0.25, 0.3) is 0 Å². The minimum atomic E-state index is 0.205. The smallest absolute Gasteiger partial charge is 0.188 e. The van der Waals surface area contributed by atoms with Crippen molar-refractivity contribution < 1.29 is 0 Å². The Morgan fingerprint density at radius 2 is 1.67 bits per heavy atom. The molecule has 7 aromatic rings. The molecule has 2 atom stereocenters. The number of piperidine rings is 1. The van der Waals surface area contributed by atoms with Crippen molar-refractivity contribution in [2.24, 2.45) is 18.9 Å². The van der Waals surface area contributed by atoms with Crippen LogP contribution in [0.15, 0.2) is 129 Å². The summed E-state index contributed by atoms with van der Waals surface area (Å²) in [6, 6.07) is 33.5. The summed E-state index contributed by atoms with van der Waals surface area (Å²) in [4.78, 5) is 17.8. The lowest BCUT2D eigenvalue weighted by Crippen LogP contribution is -2.52. The summed E-state index contributed by atoms with van der Waals surface area (Å²) in [5.41, 5.74) is 17.6. The van der Waals surface area contributed by atoms with Crippen LogP contribution in [0.4, 0.5) is 16.6 Å². The fraction of sp³-hybridized carbons (Fsp3) is 0.371. The molecule has 0 spiro atoms. The number of rotatable bonds is 14. The lowest BCUT2D eigenvalue weighted by Gasteiger charge is -2.41.